The van der Waals surface area contributed by atoms with E-state index in [0.717, 1.165) is 50.5 Å². The van der Waals surface area contributed by atoms with Crippen LogP contribution in [0, 0.1) is 11.3 Å². The van der Waals surface area contributed by atoms with Crippen molar-refractivity contribution in [3.63, 3.8) is 0 Å². The Morgan fingerprint density at radius 2 is 2.11 bits per heavy atom. The number of rotatable bonds is 8. The van der Waals surface area contributed by atoms with E-state index in [-0.39, 0.29) is 23.4 Å². The van der Waals surface area contributed by atoms with Gasteiger partial charge >= 0.3 is 0 Å². The second-order valence-electron chi connectivity index (χ2n) is 9.40. The second-order valence-corrected chi connectivity index (χ2v) is 10.2. The SMILES string of the molecule is CCOC1=CC(=N)/C(=C\N[C@H]2CC[C@@](O)(C3CC3)CC2)C=C1NC(=O)C1=CC=CC(C(C)F)=NS1. The standard InChI is InChI=1S/C26H33FN4O3S/c1-3-34-23-14-20(28)17(15-29-19-9-11-26(33,12-10-19)18-7-8-18)13-22(23)30-25(32)24-6-4-5-21(16(2)27)31-35-24/h4-6,13-16,18-19,28-29,33H,3,7-12H2,1-2H3,(H,30,32)/b17-15-,28-20?/t16?,19-,26-. The van der Waals surface area contributed by atoms with Crippen LogP contribution in [0.2, 0.25) is 0 Å². The quantitative estimate of drug-likeness (QED) is 0.370. The summed E-state index contributed by atoms with van der Waals surface area (Å²) in [6.07, 6.45) is 14.3. The number of carbonyl (C=O) groups excluding carboxylic acids is 1. The van der Waals surface area contributed by atoms with E-state index in [2.05, 4.69) is 15.0 Å². The Hall–Kier alpha value is -2.65. The lowest BCUT2D eigenvalue weighted by atomic mass is 9.79. The van der Waals surface area contributed by atoms with E-state index in [0.29, 0.717) is 34.5 Å². The maximum atomic E-state index is 13.6. The van der Waals surface area contributed by atoms with Crippen molar-refractivity contribution < 1.29 is 19.0 Å². The largest absolute Gasteiger partial charge is 0.492 e. The average molecular weight is 501 g/mol. The van der Waals surface area contributed by atoms with Gasteiger partial charge in [-0.3, -0.25) is 4.79 Å². The lowest BCUT2D eigenvalue weighted by Gasteiger charge is -2.36. The highest BCUT2D eigenvalue weighted by Crippen LogP contribution is 2.47. The first-order valence-corrected chi connectivity index (χ1v) is 13.0. The summed E-state index contributed by atoms with van der Waals surface area (Å²) in [5.41, 5.74) is 1.12. The molecule has 1 atom stereocenters. The van der Waals surface area contributed by atoms with Crippen LogP contribution in [0.25, 0.3) is 0 Å². The molecule has 3 aliphatic carbocycles. The Kier molecular flexibility index (Phi) is 7.96. The van der Waals surface area contributed by atoms with Gasteiger partial charge in [0.15, 0.2) is 0 Å². The number of aliphatic hydroxyl groups is 1. The Morgan fingerprint density at radius 1 is 1.37 bits per heavy atom. The van der Waals surface area contributed by atoms with E-state index < -0.39 is 11.8 Å². The van der Waals surface area contributed by atoms with Crippen LogP contribution in [0.4, 0.5) is 4.39 Å². The lowest BCUT2D eigenvalue weighted by molar-refractivity contribution is -0.116. The van der Waals surface area contributed by atoms with Crippen LogP contribution in [-0.4, -0.2) is 46.9 Å². The molecule has 0 bridgehead atoms. The van der Waals surface area contributed by atoms with Crippen LogP contribution in [0.15, 0.2) is 62.9 Å². The number of ether oxygens (including phenoxy) is 1. The number of halogens is 1. The van der Waals surface area contributed by atoms with E-state index in [4.69, 9.17) is 10.1 Å². The van der Waals surface area contributed by atoms with Gasteiger partial charge in [-0.05, 0) is 76.5 Å². The third-order valence-electron chi connectivity index (χ3n) is 6.76. The molecule has 1 aliphatic heterocycles. The van der Waals surface area contributed by atoms with Gasteiger partial charge in [0, 0.05) is 35.8 Å². The molecular formula is C26H33FN4O3S. The van der Waals surface area contributed by atoms with Gasteiger partial charge < -0.3 is 25.9 Å². The summed E-state index contributed by atoms with van der Waals surface area (Å²) in [6, 6.07) is 0.238. The van der Waals surface area contributed by atoms with Gasteiger partial charge in [0.2, 0.25) is 0 Å². The van der Waals surface area contributed by atoms with Gasteiger partial charge in [0.05, 0.1) is 34.2 Å². The van der Waals surface area contributed by atoms with Crippen molar-refractivity contribution in [2.45, 2.75) is 70.2 Å². The third-order valence-corrected chi connectivity index (χ3v) is 7.58. The molecule has 2 fully saturated rings. The molecule has 0 radical (unpaired) electrons. The minimum absolute atomic E-state index is 0.238. The van der Waals surface area contributed by atoms with Gasteiger partial charge in [0.25, 0.3) is 5.91 Å². The Labute approximate surface area is 210 Å². The van der Waals surface area contributed by atoms with E-state index in [1.165, 1.54) is 6.92 Å². The smallest absolute Gasteiger partial charge is 0.264 e. The number of amides is 1. The van der Waals surface area contributed by atoms with E-state index >= 15 is 0 Å². The minimum Gasteiger partial charge on any atom is -0.492 e. The first-order chi connectivity index (χ1) is 16.8. The lowest BCUT2D eigenvalue weighted by Crippen LogP contribution is -2.41. The van der Waals surface area contributed by atoms with Gasteiger partial charge in [-0.2, -0.15) is 0 Å². The van der Waals surface area contributed by atoms with Gasteiger partial charge in [0.1, 0.15) is 11.9 Å². The topological polar surface area (TPSA) is 107 Å². The molecule has 0 aromatic heterocycles. The molecule has 1 heterocycles. The average Bonchev–Trinajstić information content (AvgIpc) is 3.68. The summed E-state index contributed by atoms with van der Waals surface area (Å²) in [4.78, 5) is 13.2. The maximum absolute atomic E-state index is 13.6. The molecule has 4 N–H and O–H groups in total. The van der Waals surface area contributed by atoms with Crippen molar-refractivity contribution in [3.05, 3.63) is 58.5 Å². The molecule has 4 aliphatic rings. The van der Waals surface area contributed by atoms with Crippen LogP contribution >= 0.6 is 11.9 Å². The highest BCUT2D eigenvalue weighted by atomic mass is 32.2. The van der Waals surface area contributed by atoms with Crippen molar-refractivity contribution >= 4 is 29.3 Å². The summed E-state index contributed by atoms with van der Waals surface area (Å²) in [5.74, 6) is 0.492. The van der Waals surface area contributed by atoms with E-state index in [9.17, 15) is 14.3 Å². The monoisotopic (exact) mass is 500 g/mol. The molecule has 2 saturated carbocycles. The second kappa shape index (κ2) is 11.0. The molecule has 7 nitrogen and oxygen atoms in total. The number of carbonyl (C=O) groups is 1. The maximum Gasteiger partial charge on any atom is 0.264 e. The van der Waals surface area contributed by atoms with Crippen molar-refractivity contribution in [1.29, 1.82) is 5.41 Å². The number of hydrogen-bond donors (Lipinski definition) is 4. The zero-order valence-corrected chi connectivity index (χ0v) is 21.0. The van der Waals surface area contributed by atoms with Crippen molar-refractivity contribution in [3.8, 4) is 0 Å². The summed E-state index contributed by atoms with van der Waals surface area (Å²) in [6.45, 7) is 3.63. The molecule has 0 spiro atoms. The van der Waals surface area contributed by atoms with Crippen LogP contribution < -0.4 is 10.6 Å². The van der Waals surface area contributed by atoms with Crippen LogP contribution in [0.1, 0.15) is 52.4 Å². The first-order valence-electron chi connectivity index (χ1n) is 12.2. The molecule has 0 aromatic rings. The molecule has 188 valence electrons. The molecule has 4 rings (SSSR count). The van der Waals surface area contributed by atoms with Crippen LogP contribution in [0.5, 0.6) is 0 Å². The number of alkyl halides is 1. The fraction of sp³-hybridized carbons (Fsp3) is 0.500. The number of nitrogens with zero attached hydrogens (tertiary/aromatic N) is 1. The zero-order chi connectivity index (χ0) is 25.0. The van der Waals surface area contributed by atoms with Crippen molar-refractivity contribution in [2.75, 3.05) is 6.61 Å². The van der Waals surface area contributed by atoms with Crippen LogP contribution in [0.3, 0.4) is 0 Å². The van der Waals surface area contributed by atoms with Gasteiger partial charge in [-0.15, -0.1) is 0 Å². The zero-order valence-electron chi connectivity index (χ0n) is 20.1. The number of hydrogen-bond acceptors (Lipinski definition) is 7. The minimum atomic E-state index is -1.22. The molecule has 9 heteroatoms. The van der Waals surface area contributed by atoms with Crippen molar-refractivity contribution in [1.82, 2.24) is 10.6 Å². The van der Waals surface area contributed by atoms with Gasteiger partial charge in [-0.1, -0.05) is 6.08 Å². The molecule has 0 aromatic carbocycles. The predicted octanol–water partition coefficient (Wildman–Crippen LogP) is 4.40. The fourth-order valence-corrected chi connectivity index (χ4v) is 5.20. The van der Waals surface area contributed by atoms with Gasteiger partial charge in [-0.25, -0.2) is 8.79 Å². The fourth-order valence-electron chi connectivity index (χ4n) is 4.51. The normalized spacial score (nSPS) is 28.9. The third kappa shape index (κ3) is 6.32. The van der Waals surface area contributed by atoms with E-state index in [1.54, 1.807) is 30.4 Å². The summed E-state index contributed by atoms with van der Waals surface area (Å²) >= 11 is 0.926. The Bertz CT molecular complexity index is 1040. The Balaban J connectivity index is 1.43. The number of allylic oxidation sites excluding steroid dienone is 6. The highest BCUT2D eigenvalue weighted by molar-refractivity contribution is 8.02. The van der Waals surface area contributed by atoms with Crippen LogP contribution in [-0.2, 0) is 9.53 Å². The molecular weight excluding hydrogens is 467 g/mol. The molecule has 1 unspecified atom stereocenters. The highest BCUT2D eigenvalue weighted by Gasteiger charge is 2.45. The van der Waals surface area contributed by atoms with Crippen molar-refractivity contribution in [2.24, 2.45) is 10.3 Å². The van der Waals surface area contributed by atoms with E-state index in [1.807, 2.05) is 13.1 Å². The summed E-state index contributed by atoms with van der Waals surface area (Å²) in [5, 5.41) is 25.5. The first kappa shape index (κ1) is 25.4. The summed E-state index contributed by atoms with van der Waals surface area (Å²) in [7, 11) is 0. The summed E-state index contributed by atoms with van der Waals surface area (Å²) < 4.78 is 23.3. The number of nitrogens with one attached hydrogen (secondary N) is 3. The molecule has 35 heavy (non-hydrogen) atoms. The molecule has 0 saturated heterocycles. The predicted molar refractivity (Wildman–Crippen MR) is 138 cm³/mol. The molecule has 1 amide bonds. The Morgan fingerprint density at radius 3 is 2.77 bits per heavy atom.